The van der Waals surface area contributed by atoms with Gasteiger partial charge in [-0.25, -0.2) is 0 Å². The predicted octanol–water partition coefficient (Wildman–Crippen LogP) is 2.48. The molecule has 0 radical (unpaired) electrons. The van der Waals surface area contributed by atoms with Gasteiger partial charge >= 0.3 is 0 Å². The van der Waals surface area contributed by atoms with E-state index in [1.807, 2.05) is 0 Å². The number of fused-ring (bicyclic) bond motifs is 1. The first kappa shape index (κ1) is 10.2. The van der Waals surface area contributed by atoms with Crippen molar-refractivity contribution in [3.05, 3.63) is 35.9 Å². The van der Waals surface area contributed by atoms with Crippen molar-refractivity contribution in [2.75, 3.05) is 11.9 Å². The lowest BCUT2D eigenvalue weighted by molar-refractivity contribution is 0.571. The zero-order valence-corrected chi connectivity index (χ0v) is 9.33. The number of rotatable bonds is 2. The molecule has 1 unspecified atom stereocenters. The number of benzene rings is 1. The van der Waals surface area contributed by atoms with Gasteiger partial charge in [-0.1, -0.05) is 38.1 Å². The monoisotopic (exact) mass is 202 g/mol. The second kappa shape index (κ2) is 4.07. The minimum absolute atomic E-state index is 0.146. The summed E-state index contributed by atoms with van der Waals surface area (Å²) < 4.78 is 0. The molecule has 0 spiro atoms. The van der Waals surface area contributed by atoms with E-state index in [0.29, 0.717) is 5.92 Å². The van der Waals surface area contributed by atoms with E-state index in [0.717, 1.165) is 6.54 Å². The molecule has 2 nitrogen and oxygen atoms in total. The maximum Gasteiger partial charge on any atom is 0.0419 e. The summed E-state index contributed by atoms with van der Waals surface area (Å²) in [5.41, 5.74) is 9.90. The molecule has 0 fully saturated rings. The van der Waals surface area contributed by atoms with Crippen molar-refractivity contribution < 1.29 is 0 Å². The van der Waals surface area contributed by atoms with Crippen molar-refractivity contribution in [1.29, 1.82) is 0 Å². The van der Waals surface area contributed by atoms with Crippen LogP contribution in [0.25, 0.3) is 5.57 Å². The van der Waals surface area contributed by atoms with E-state index in [2.05, 4.69) is 49.5 Å². The van der Waals surface area contributed by atoms with Gasteiger partial charge in [0.2, 0.25) is 0 Å². The molecule has 15 heavy (non-hydrogen) atoms. The quantitative estimate of drug-likeness (QED) is 0.773. The van der Waals surface area contributed by atoms with Crippen LogP contribution in [-0.4, -0.2) is 12.6 Å². The standard InChI is InChI=1S/C13H18N2/c1-9(2)12(14)7-10-8-15-13-6-4-3-5-11(10)13/h3-7,9,12,15H,8,14H2,1-2H3. The molecule has 80 valence electrons. The van der Waals surface area contributed by atoms with Gasteiger partial charge in [0.15, 0.2) is 0 Å². The SMILES string of the molecule is CC(C)C(N)C=C1CNc2ccccc21. The molecule has 0 saturated heterocycles. The van der Waals surface area contributed by atoms with Crippen LogP contribution in [0.5, 0.6) is 0 Å². The smallest absolute Gasteiger partial charge is 0.0419 e. The van der Waals surface area contributed by atoms with E-state index in [1.165, 1.54) is 16.8 Å². The van der Waals surface area contributed by atoms with Crippen molar-refractivity contribution >= 4 is 11.3 Å². The highest BCUT2D eigenvalue weighted by atomic mass is 14.9. The molecule has 1 aromatic rings. The van der Waals surface area contributed by atoms with Crippen molar-refractivity contribution in [2.24, 2.45) is 11.7 Å². The van der Waals surface area contributed by atoms with Crippen LogP contribution in [0.3, 0.4) is 0 Å². The maximum absolute atomic E-state index is 6.05. The topological polar surface area (TPSA) is 38.0 Å². The summed E-state index contributed by atoms with van der Waals surface area (Å²) in [4.78, 5) is 0. The minimum atomic E-state index is 0.146. The van der Waals surface area contributed by atoms with Crippen molar-refractivity contribution in [1.82, 2.24) is 0 Å². The number of anilines is 1. The van der Waals surface area contributed by atoms with Gasteiger partial charge in [-0.2, -0.15) is 0 Å². The highest BCUT2D eigenvalue weighted by molar-refractivity contribution is 5.84. The average Bonchev–Trinajstić information content (AvgIpc) is 2.62. The lowest BCUT2D eigenvalue weighted by atomic mass is 9.99. The number of nitrogens with one attached hydrogen (secondary N) is 1. The first-order chi connectivity index (χ1) is 7.18. The normalized spacial score (nSPS) is 19.1. The Kier molecular flexibility index (Phi) is 2.78. The molecule has 1 heterocycles. The first-order valence-corrected chi connectivity index (χ1v) is 5.48. The van der Waals surface area contributed by atoms with Crippen LogP contribution >= 0.6 is 0 Å². The summed E-state index contributed by atoms with van der Waals surface area (Å²) >= 11 is 0. The summed E-state index contributed by atoms with van der Waals surface area (Å²) in [7, 11) is 0. The molecule has 0 aromatic heterocycles. The van der Waals surface area contributed by atoms with Crippen LogP contribution in [0.1, 0.15) is 19.4 Å². The maximum atomic E-state index is 6.05. The molecule has 1 aliphatic heterocycles. The van der Waals surface area contributed by atoms with E-state index in [-0.39, 0.29) is 6.04 Å². The molecule has 1 aromatic carbocycles. The van der Waals surface area contributed by atoms with Gasteiger partial charge < -0.3 is 11.1 Å². The van der Waals surface area contributed by atoms with E-state index >= 15 is 0 Å². The highest BCUT2D eigenvalue weighted by Gasteiger charge is 2.16. The fraction of sp³-hybridized carbons (Fsp3) is 0.385. The largest absolute Gasteiger partial charge is 0.380 e. The van der Waals surface area contributed by atoms with Gasteiger partial charge in [0.05, 0.1) is 0 Å². The van der Waals surface area contributed by atoms with E-state index < -0.39 is 0 Å². The molecule has 0 saturated carbocycles. The summed E-state index contributed by atoms with van der Waals surface area (Å²) in [6, 6.07) is 8.52. The van der Waals surface area contributed by atoms with Crippen LogP contribution in [0, 0.1) is 5.92 Å². The summed E-state index contributed by atoms with van der Waals surface area (Å²) in [6.45, 7) is 5.20. The Morgan fingerprint density at radius 1 is 1.33 bits per heavy atom. The number of hydrogen-bond acceptors (Lipinski definition) is 2. The molecule has 0 aliphatic carbocycles. The average molecular weight is 202 g/mol. The molecule has 0 amide bonds. The van der Waals surface area contributed by atoms with Crippen LogP contribution < -0.4 is 11.1 Å². The summed E-state index contributed by atoms with van der Waals surface area (Å²) in [5, 5.41) is 3.37. The van der Waals surface area contributed by atoms with Crippen molar-refractivity contribution in [3.8, 4) is 0 Å². The van der Waals surface area contributed by atoms with Crippen LogP contribution in [0.15, 0.2) is 30.3 Å². The molecule has 0 bridgehead atoms. The minimum Gasteiger partial charge on any atom is -0.380 e. The van der Waals surface area contributed by atoms with Crippen LogP contribution in [-0.2, 0) is 0 Å². The molecule has 1 aliphatic rings. The second-order valence-corrected chi connectivity index (χ2v) is 4.41. The van der Waals surface area contributed by atoms with E-state index in [1.54, 1.807) is 0 Å². The van der Waals surface area contributed by atoms with Gasteiger partial charge in [0, 0.05) is 23.8 Å². The summed E-state index contributed by atoms with van der Waals surface area (Å²) in [6.07, 6.45) is 2.18. The van der Waals surface area contributed by atoms with Crippen molar-refractivity contribution in [2.45, 2.75) is 19.9 Å². The second-order valence-electron chi connectivity index (χ2n) is 4.41. The number of para-hydroxylation sites is 1. The molecule has 1 atom stereocenters. The molecule has 2 rings (SSSR count). The van der Waals surface area contributed by atoms with Gasteiger partial charge in [-0.05, 0) is 17.6 Å². The third-order valence-electron chi connectivity index (χ3n) is 2.91. The third kappa shape index (κ3) is 2.05. The predicted molar refractivity (Wildman–Crippen MR) is 65.7 cm³/mol. The van der Waals surface area contributed by atoms with Crippen molar-refractivity contribution in [3.63, 3.8) is 0 Å². The Bertz CT molecular complexity index is 380. The lowest BCUT2D eigenvalue weighted by Crippen LogP contribution is -2.24. The third-order valence-corrected chi connectivity index (χ3v) is 2.91. The number of hydrogen-bond donors (Lipinski definition) is 2. The number of nitrogens with two attached hydrogens (primary N) is 1. The Morgan fingerprint density at radius 3 is 2.80 bits per heavy atom. The molecular weight excluding hydrogens is 184 g/mol. The summed E-state index contributed by atoms with van der Waals surface area (Å²) in [5.74, 6) is 0.491. The zero-order valence-electron chi connectivity index (χ0n) is 9.33. The fourth-order valence-corrected chi connectivity index (χ4v) is 1.78. The van der Waals surface area contributed by atoms with E-state index in [9.17, 15) is 0 Å². The Morgan fingerprint density at radius 2 is 2.07 bits per heavy atom. The first-order valence-electron chi connectivity index (χ1n) is 5.48. The van der Waals surface area contributed by atoms with E-state index in [4.69, 9.17) is 5.73 Å². The Labute approximate surface area is 91.2 Å². The molecular formula is C13H18N2. The highest BCUT2D eigenvalue weighted by Crippen LogP contribution is 2.30. The molecule has 2 heteroatoms. The fourth-order valence-electron chi connectivity index (χ4n) is 1.78. The van der Waals surface area contributed by atoms with Crippen LogP contribution in [0.4, 0.5) is 5.69 Å². The van der Waals surface area contributed by atoms with Gasteiger partial charge in [0.1, 0.15) is 0 Å². The molecule has 3 N–H and O–H groups in total. The van der Waals surface area contributed by atoms with Crippen LogP contribution in [0.2, 0.25) is 0 Å². The zero-order chi connectivity index (χ0) is 10.8. The lowest BCUT2D eigenvalue weighted by Gasteiger charge is -2.11. The van der Waals surface area contributed by atoms with Gasteiger partial charge in [-0.15, -0.1) is 0 Å². The Hall–Kier alpha value is -1.28. The van der Waals surface area contributed by atoms with Gasteiger partial charge in [0.25, 0.3) is 0 Å². The Balaban J connectivity index is 2.27. The van der Waals surface area contributed by atoms with Gasteiger partial charge in [-0.3, -0.25) is 0 Å².